The molecule has 2 fully saturated rings. The van der Waals surface area contributed by atoms with Gasteiger partial charge in [0.05, 0.1) is 5.56 Å². The van der Waals surface area contributed by atoms with Crippen LogP contribution in [0.5, 0.6) is 0 Å². The number of aryl methyl sites for hydroxylation is 1. The molecule has 2 N–H and O–H groups in total. The molecule has 1 aromatic heterocycles. The SMILES string of the molecule is Cc1ccc(C(=O)N2CC3CCC(N)C3C2)c(Sc2ccccc2)n1. The Balaban J connectivity index is 1.58. The number of rotatable bonds is 3. The minimum atomic E-state index is 0.0903. The molecule has 2 aromatic rings. The van der Waals surface area contributed by atoms with E-state index >= 15 is 0 Å². The number of pyridine rings is 1. The molecule has 130 valence electrons. The fraction of sp³-hybridized carbons (Fsp3) is 0.400. The molecule has 2 heterocycles. The second kappa shape index (κ2) is 6.81. The van der Waals surface area contributed by atoms with Crippen LogP contribution < -0.4 is 5.73 Å². The van der Waals surface area contributed by atoms with Crippen LogP contribution in [-0.4, -0.2) is 34.9 Å². The molecular weight excluding hydrogens is 330 g/mol. The molecular formula is C20H23N3OS. The Morgan fingerprint density at radius 2 is 1.96 bits per heavy atom. The lowest BCUT2D eigenvalue weighted by atomic mass is 9.98. The fourth-order valence-electron chi connectivity index (χ4n) is 4.02. The summed E-state index contributed by atoms with van der Waals surface area (Å²) in [5.74, 6) is 1.13. The van der Waals surface area contributed by atoms with Gasteiger partial charge < -0.3 is 10.6 Å². The van der Waals surface area contributed by atoms with E-state index in [2.05, 4.69) is 4.98 Å². The third-order valence-electron chi connectivity index (χ3n) is 5.39. The van der Waals surface area contributed by atoms with E-state index in [1.54, 1.807) is 11.8 Å². The average Bonchev–Trinajstić information content (AvgIpc) is 3.18. The highest BCUT2D eigenvalue weighted by molar-refractivity contribution is 7.99. The van der Waals surface area contributed by atoms with Crippen molar-refractivity contribution in [2.24, 2.45) is 17.6 Å². The molecule has 3 unspecified atom stereocenters. The second-order valence-electron chi connectivity index (χ2n) is 7.10. The van der Waals surface area contributed by atoms with Gasteiger partial charge in [0.1, 0.15) is 5.03 Å². The van der Waals surface area contributed by atoms with Crippen molar-refractivity contribution < 1.29 is 4.79 Å². The highest BCUT2D eigenvalue weighted by Crippen LogP contribution is 2.38. The number of fused-ring (bicyclic) bond motifs is 1. The fourth-order valence-corrected chi connectivity index (χ4v) is 4.99. The van der Waals surface area contributed by atoms with Gasteiger partial charge in [0.25, 0.3) is 5.91 Å². The smallest absolute Gasteiger partial charge is 0.256 e. The number of benzene rings is 1. The molecule has 2 aliphatic rings. The number of carbonyl (C=O) groups is 1. The van der Waals surface area contributed by atoms with Gasteiger partial charge in [-0.25, -0.2) is 4.98 Å². The van der Waals surface area contributed by atoms with Crippen molar-refractivity contribution in [3.05, 3.63) is 53.7 Å². The summed E-state index contributed by atoms with van der Waals surface area (Å²) in [6.45, 7) is 3.58. The molecule has 0 radical (unpaired) electrons. The van der Waals surface area contributed by atoms with Crippen LogP contribution in [0.15, 0.2) is 52.4 Å². The molecule has 25 heavy (non-hydrogen) atoms. The van der Waals surface area contributed by atoms with Gasteiger partial charge in [-0.15, -0.1) is 0 Å². The van der Waals surface area contributed by atoms with Crippen molar-refractivity contribution >= 4 is 17.7 Å². The lowest BCUT2D eigenvalue weighted by Gasteiger charge is -2.20. The maximum Gasteiger partial charge on any atom is 0.256 e. The summed E-state index contributed by atoms with van der Waals surface area (Å²) in [4.78, 5) is 20.9. The first-order valence-electron chi connectivity index (χ1n) is 8.87. The number of hydrogen-bond donors (Lipinski definition) is 1. The Bertz CT molecular complexity index is 780. The van der Waals surface area contributed by atoms with Gasteiger partial charge in [0.2, 0.25) is 0 Å². The number of carbonyl (C=O) groups excluding carboxylic acids is 1. The van der Waals surface area contributed by atoms with Crippen LogP contribution in [0.2, 0.25) is 0 Å². The van der Waals surface area contributed by atoms with Crippen LogP contribution in [0.3, 0.4) is 0 Å². The zero-order chi connectivity index (χ0) is 17.4. The molecule has 1 saturated heterocycles. The van der Waals surface area contributed by atoms with Crippen molar-refractivity contribution in [1.82, 2.24) is 9.88 Å². The molecule has 4 nitrogen and oxygen atoms in total. The van der Waals surface area contributed by atoms with Gasteiger partial charge in [0.15, 0.2) is 0 Å². The van der Waals surface area contributed by atoms with Crippen LogP contribution in [0.4, 0.5) is 0 Å². The number of likely N-dealkylation sites (tertiary alicyclic amines) is 1. The largest absolute Gasteiger partial charge is 0.338 e. The van der Waals surface area contributed by atoms with Gasteiger partial charge >= 0.3 is 0 Å². The number of nitrogens with zero attached hydrogens (tertiary/aromatic N) is 2. The summed E-state index contributed by atoms with van der Waals surface area (Å²) in [5.41, 5.74) is 7.85. The maximum absolute atomic E-state index is 13.1. The van der Waals surface area contributed by atoms with Crippen LogP contribution in [0.1, 0.15) is 28.9 Å². The zero-order valence-electron chi connectivity index (χ0n) is 14.4. The molecule has 5 heteroatoms. The van der Waals surface area contributed by atoms with Crippen LogP contribution in [0, 0.1) is 18.8 Å². The Kier molecular flexibility index (Phi) is 4.52. The average molecular weight is 353 g/mol. The summed E-state index contributed by atoms with van der Waals surface area (Å²) in [6.07, 6.45) is 2.24. The standard InChI is InChI=1S/C20H23N3OS/c1-13-7-9-16(19(22-13)25-15-5-3-2-4-6-15)20(24)23-11-14-8-10-18(21)17(14)12-23/h2-7,9,14,17-18H,8,10-12,21H2,1H3. The van der Waals surface area contributed by atoms with Gasteiger partial charge in [-0.2, -0.15) is 0 Å². The number of nitrogens with two attached hydrogens (primary N) is 1. The van der Waals surface area contributed by atoms with E-state index in [0.29, 0.717) is 17.4 Å². The van der Waals surface area contributed by atoms with E-state index in [1.807, 2.05) is 54.3 Å². The van der Waals surface area contributed by atoms with Crippen molar-refractivity contribution in [3.63, 3.8) is 0 Å². The predicted molar refractivity (Wildman–Crippen MR) is 99.6 cm³/mol. The third-order valence-corrected chi connectivity index (χ3v) is 6.40. The van der Waals surface area contributed by atoms with E-state index in [1.165, 1.54) is 0 Å². The first-order chi connectivity index (χ1) is 12.1. The lowest BCUT2D eigenvalue weighted by molar-refractivity contribution is 0.0775. The number of amides is 1. The summed E-state index contributed by atoms with van der Waals surface area (Å²) in [5, 5.41) is 0.789. The number of aromatic nitrogens is 1. The van der Waals surface area contributed by atoms with Crippen molar-refractivity contribution in [2.75, 3.05) is 13.1 Å². The normalized spacial score (nSPS) is 25.2. The molecule has 0 spiro atoms. The highest BCUT2D eigenvalue weighted by Gasteiger charge is 2.42. The molecule has 1 aliphatic heterocycles. The molecule has 1 saturated carbocycles. The molecule has 0 bridgehead atoms. The maximum atomic E-state index is 13.1. The topological polar surface area (TPSA) is 59.2 Å². The minimum absolute atomic E-state index is 0.0903. The predicted octanol–water partition coefficient (Wildman–Crippen LogP) is 3.35. The van der Waals surface area contributed by atoms with Crippen LogP contribution in [0.25, 0.3) is 0 Å². The first kappa shape index (κ1) is 16.6. The van der Waals surface area contributed by atoms with Crippen molar-refractivity contribution in [2.45, 2.75) is 35.7 Å². The molecule has 1 aromatic carbocycles. The summed E-state index contributed by atoms with van der Waals surface area (Å²) < 4.78 is 0. The van der Waals surface area contributed by atoms with Gasteiger partial charge in [-0.3, -0.25) is 4.79 Å². The lowest BCUT2D eigenvalue weighted by Crippen LogP contribution is -2.33. The van der Waals surface area contributed by atoms with Gasteiger partial charge in [-0.05, 0) is 55.9 Å². The van der Waals surface area contributed by atoms with Gasteiger partial charge in [-0.1, -0.05) is 30.0 Å². The Labute approximate surface area is 152 Å². The van der Waals surface area contributed by atoms with E-state index in [0.717, 1.165) is 41.5 Å². The summed E-state index contributed by atoms with van der Waals surface area (Å²) in [7, 11) is 0. The van der Waals surface area contributed by atoms with E-state index in [-0.39, 0.29) is 11.9 Å². The monoisotopic (exact) mass is 353 g/mol. The minimum Gasteiger partial charge on any atom is -0.338 e. The quantitative estimate of drug-likeness (QED) is 0.919. The summed E-state index contributed by atoms with van der Waals surface area (Å²) in [6, 6.07) is 14.2. The number of hydrogen-bond acceptors (Lipinski definition) is 4. The Morgan fingerprint density at radius 1 is 1.16 bits per heavy atom. The molecule has 4 rings (SSSR count). The van der Waals surface area contributed by atoms with Crippen LogP contribution >= 0.6 is 11.8 Å². The Hall–Kier alpha value is -1.85. The van der Waals surface area contributed by atoms with Gasteiger partial charge in [0, 0.05) is 29.7 Å². The van der Waals surface area contributed by atoms with E-state index < -0.39 is 0 Å². The highest BCUT2D eigenvalue weighted by atomic mass is 32.2. The van der Waals surface area contributed by atoms with E-state index in [4.69, 9.17) is 5.73 Å². The zero-order valence-corrected chi connectivity index (χ0v) is 15.2. The van der Waals surface area contributed by atoms with E-state index in [9.17, 15) is 4.79 Å². The van der Waals surface area contributed by atoms with Crippen molar-refractivity contribution in [1.29, 1.82) is 0 Å². The molecule has 1 amide bonds. The summed E-state index contributed by atoms with van der Waals surface area (Å²) >= 11 is 1.55. The molecule has 3 atom stereocenters. The van der Waals surface area contributed by atoms with Crippen molar-refractivity contribution in [3.8, 4) is 0 Å². The van der Waals surface area contributed by atoms with Crippen LogP contribution in [-0.2, 0) is 0 Å². The Morgan fingerprint density at radius 3 is 2.72 bits per heavy atom. The molecule has 1 aliphatic carbocycles. The third kappa shape index (κ3) is 3.31. The first-order valence-corrected chi connectivity index (χ1v) is 9.69. The second-order valence-corrected chi connectivity index (χ2v) is 8.16.